The van der Waals surface area contributed by atoms with Crippen LogP contribution in [0.4, 0.5) is 5.69 Å². The van der Waals surface area contributed by atoms with Crippen LogP contribution in [-0.4, -0.2) is 18.8 Å². The van der Waals surface area contributed by atoms with E-state index in [9.17, 15) is 0 Å². The van der Waals surface area contributed by atoms with Gasteiger partial charge in [0.2, 0.25) is 0 Å². The summed E-state index contributed by atoms with van der Waals surface area (Å²) in [6, 6.07) is 8.91. The van der Waals surface area contributed by atoms with Gasteiger partial charge in [0, 0.05) is 18.2 Å². The second kappa shape index (κ2) is 7.23. The van der Waals surface area contributed by atoms with Crippen LogP contribution < -0.4 is 5.32 Å². The molecule has 1 atom stereocenters. The first-order valence-corrected chi connectivity index (χ1v) is 6.46. The number of hydrogen-bond acceptors (Lipinski definition) is 2. The number of aliphatic imine (C=N–C) groups is 1. The van der Waals surface area contributed by atoms with Crippen LogP contribution in [0.25, 0.3) is 0 Å². The number of nitrogens with one attached hydrogen (secondary N) is 1. The Bertz CT molecular complexity index is 352. The molecule has 0 saturated carbocycles. The van der Waals surface area contributed by atoms with Crippen molar-refractivity contribution in [2.75, 3.05) is 7.05 Å². The Morgan fingerprint density at radius 3 is 2.47 bits per heavy atom. The molecule has 1 N–H and O–H groups in total. The number of hydrogen-bond donors (Lipinski definition) is 1. The van der Waals surface area contributed by atoms with Crippen LogP contribution >= 0.6 is 0 Å². The van der Waals surface area contributed by atoms with Crippen molar-refractivity contribution in [1.29, 1.82) is 0 Å². The van der Waals surface area contributed by atoms with Crippen LogP contribution in [0.1, 0.15) is 38.7 Å². The lowest BCUT2D eigenvalue weighted by molar-refractivity contribution is 0.628. The summed E-state index contributed by atoms with van der Waals surface area (Å²) in [5, 5.41) is 3.27. The van der Waals surface area contributed by atoms with E-state index in [1.165, 1.54) is 11.3 Å². The fraction of sp³-hybridized carbons (Fsp3) is 0.533. The van der Waals surface area contributed by atoms with Gasteiger partial charge in [0.15, 0.2) is 0 Å². The zero-order valence-corrected chi connectivity index (χ0v) is 11.5. The van der Waals surface area contributed by atoms with Gasteiger partial charge in [-0.2, -0.15) is 0 Å². The van der Waals surface area contributed by atoms with Crippen molar-refractivity contribution in [3.05, 3.63) is 29.8 Å². The standard InChI is InChI=1S/C15H24N2/c1-5-6-15(11-13(3)16-4)17-14-9-7-12(2)8-10-14/h7-10,13,16H,5-6,11H2,1-4H3. The van der Waals surface area contributed by atoms with E-state index < -0.39 is 0 Å². The Morgan fingerprint density at radius 1 is 1.29 bits per heavy atom. The summed E-state index contributed by atoms with van der Waals surface area (Å²) in [4.78, 5) is 4.75. The van der Waals surface area contributed by atoms with Gasteiger partial charge in [0.05, 0.1) is 5.69 Å². The third-order valence-corrected chi connectivity index (χ3v) is 2.89. The molecule has 0 radical (unpaired) electrons. The summed E-state index contributed by atoms with van der Waals surface area (Å²) in [5.74, 6) is 0. The first-order chi connectivity index (χ1) is 8.15. The monoisotopic (exact) mass is 232 g/mol. The normalized spacial score (nSPS) is 13.8. The lowest BCUT2D eigenvalue weighted by Gasteiger charge is -2.12. The molecule has 2 heteroatoms. The molecule has 94 valence electrons. The molecular formula is C15H24N2. The van der Waals surface area contributed by atoms with Crippen LogP contribution in [0, 0.1) is 6.92 Å². The molecule has 17 heavy (non-hydrogen) atoms. The molecule has 1 aromatic rings. The Kier molecular flexibility index (Phi) is 5.92. The SMILES string of the molecule is CCCC(CC(C)NC)=Nc1ccc(C)cc1. The second-order valence-electron chi connectivity index (χ2n) is 4.66. The zero-order chi connectivity index (χ0) is 12.7. The van der Waals surface area contributed by atoms with Crippen molar-refractivity contribution in [3.63, 3.8) is 0 Å². The quantitative estimate of drug-likeness (QED) is 0.740. The van der Waals surface area contributed by atoms with Crippen molar-refractivity contribution in [2.24, 2.45) is 4.99 Å². The molecule has 0 spiro atoms. The Balaban J connectivity index is 2.77. The van der Waals surface area contributed by atoms with Crippen LogP contribution in [0.3, 0.4) is 0 Å². The largest absolute Gasteiger partial charge is 0.317 e. The van der Waals surface area contributed by atoms with Crippen molar-refractivity contribution >= 4 is 11.4 Å². The molecule has 0 fully saturated rings. The third-order valence-electron chi connectivity index (χ3n) is 2.89. The molecule has 0 amide bonds. The molecule has 0 saturated heterocycles. The van der Waals surface area contributed by atoms with E-state index in [0.717, 1.165) is 24.9 Å². The van der Waals surface area contributed by atoms with Gasteiger partial charge in [0.25, 0.3) is 0 Å². The highest BCUT2D eigenvalue weighted by Crippen LogP contribution is 2.15. The van der Waals surface area contributed by atoms with Gasteiger partial charge in [-0.15, -0.1) is 0 Å². The molecule has 0 aliphatic rings. The predicted molar refractivity (Wildman–Crippen MR) is 76.3 cm³/mol. The van der Waals surface area contributed by atoms with E-state index in [2.05, 4.69) is 50.4 Å². The summed E-state index contributed by atoms with van der Waals surface area (Å²) >= 11 is 0. The number of benzene rings is 1. The fourth-order valence-electron chi connectivity index (χ4n) is 1.75. The highest BCUT2D eigenvalue weighted by Gasteiger charge is 2.04. The van der Waals surface area contributed by atoms with Gasteiger partial charge in [0.1, 0.15) is 0 Å². The Labute approximate surface area is 105 Å². The highest BCUT2D eigenvalue weighted by molar-refractivity contribution is 5.87. The molecular weight excluding hydrogens is 208 g/mol. The van der Waals surface area contributed by atoms with Gasteiger partial charge < -0.3 is 5.32 Å². The number of rotatable bonds is 6. The fourth-order valence-corrected chi connectivity index (χ4v) is 1.75. The molecule has 1 aromatic carbocycles. The maximum absolute atomic E-state index is 4.75. The minimum absolute atomic E-state index is 0.491. The van der Waals surface area contributed by atoms with Gasteiger partial charge >= 0.3 is 0 Å². The molecule has 0 aliphatic heterocycles. The van der Waals surface area contributed by atoms with E-state index in [0.29, 0.717) is 6.04 Å². The molecule has 1 rings (SSSR count). The third kappa shape index (κ3) is 5.14. The van der Waals surface area contributed by atoms with E-state index in [1.54, 1.807) is 0 Å². The summed E-state index contributed by atoms with van der Waals surface area (Å²) in [6.45, 7) is 6.50. The Hall–Kier alpha value is -1.15. The first-order valence-electron chi connectivity index (χ1n) is 6.46. The molecule has 1 unspecified atom stereocenters. The predicted octanol–water partition coefficient (Wildman–Crippen LogP) is 3.87. The van der Waals surface area contributed by atoms with Gasteiger partial charge in [-0.1, -0.05) is 31.0 Å². The maximum atomic E-state index is 4.75. The maximum Gasteiger partial charge on any atom is 0.0629 e. The molecule has 0 aromatic heterocycles. The molecule has 0 bridgehead atoms. The van der Waals surface area contributed by atoms with Crippen molar-refractivity contribution < 1.29 is 0 Å². The van der Waals surface area contributed by atoms with Crippen LogP contribution in [0.2, 0.25) is 0 Å². The summed E-state index contributed by atoms with van der Waals surface area (Å²) in [6.07, 6.45) is 3.26. The molecule has 0 aliphatic carbocycles. The lowest BCUT2D eigenvalue weighted by atomic mass is 10.1. The van der Waals surface area contributed by atoms with Crippen LogP contribution in [0.15, 0.2) is 29.3 Å². The second-order valence-corrected chi connectivity index (χ2v) is 4.66. The summed E-state index contributed by atoms with van der Waals surface area (Å²) in [7, 11) is 2.00. The zero-order valence-electron chi connectivity index (χ0n) is 11.5. The molecule has 0 heterocycles. The van der Waals surface area contributed by atoms with Crippen LogP contribution in [-0.2, 0) is 0 Å². The number of aryl methyl sites for hydroxylation is 1. The summed E-state index contributed by atoms with van der Waals surface area (Å²) < 4.78 is 0. The minimum Gasteiger partial charge on any atom is -0.317 e. The topological polar surface area (TPSA) is 24.4 Å². The van der Waals surface area contributed by atoms with Gasteiger partial charge in [-0.3, -0.25) is 4.99 Å². The van der Waals surface area contributed by atoms with Gasteiger partial charge in [-0.05, 0) is 39.4 Å². The minimum atomic E-state index is 0.491. The van der Waals surface area contributed by atoms with E-state index in [-0.39, 0.29) is 0 Å². The van der Waals surface area contributed by atoms with Crippen molar-refractivity contribution in [2.45, 2.75) is 46.1 Å². The Morgan fingerprint density at radius 2 is 1.94 bits per heavy atom. The number of nitrogens with zero attached hydrogens (tertiary/aromatic N) is 1. The average molecular weight is 232 g/mol. The van der Waals surface area contributed by atoms with Crippen molar-refractivity contribution in [3.8, 4) is 0 Å². The lowest BCUT2D eigenvalue weighted by Crippen LogP contribution is -2.24. The summed E-state index contributed by atoms with van der Waals surface area (Å²) in [5.41, 5.74) is 3.64. The van der Waals surface area contributed by atoms with E-state index in [4.69, 9.17) is 4.99 Å². The van der Waals surface area contributed by atoms with E-state index in [1.807, 2.05) is 7.05 Å². The van der Waals surface area contributed by atoms with Crippen LogP contribution in [0.5, 0.6) is 0 Å². The van der Waals surface area contributed by atoms with Crippen molar-refractivity contribution in [1.82, 2.24) is 5.32 Å². The smallest absolute Gasteiger partial charge is 0.0629 e. The van der Waals surface area contributed by atoms with Gasteiger partial charge in [-0.25, -0.2) is 0 Å². The highest BCUT2D eigenvalue weighted by atomic mass is 14.9. The van der Waals surface area contributed by atoms with E-state index >= 15 is 0 Å². The first kappa shape index (κ1) is 13.9. The molecule has 2 nitrogen and oxygen atoms in total. The average Bonchev–Trinajstić information content (AvgIpc) is 2.32.